The highest BCUT2D eigenvalue weighted by Gasteiger charge is 2.15. The molecule has 0 aromatic carbocycles. The van der Waals surface area contributed by atoms with E-state index >= 15 is 0 Å². The molecule has 0 radical (unpaired) electrons. The summed E-state index contributed by atoms with van der Waals surface area (Å²) >= 11 is 1.57. The van der Waals surface area contributed by atoms with Crippen LogP contribution in [0.1, 0.15) is 30.7 Å². The molecule has 2 aromatic rings. The first-order chi connectivity index (χ1) is 7.72. The minimum absolute atomic E-state index is 0.233. The lowest BCUT2D eigenvalue weighted by Crippen LogP contribution is -2.17. The molecule has 0 bridgehead atoms. The molecule has 16 heavy (non-hydrogen) atoms. The van der Waals surface area contributed by atoms with Crippen LogP contribution in [0.25, 0.3) is 10.6 Å². The van der Waals surface area contributed by atoms with Crippen LogP contribution < -0.4 is 5.32 Å². The summed E-state index contributed by atoms with van der Waals surface area (Å²) in [5.41, 5.74) is 0.924. The monoisotopic (exact) mass is 238 g/mol. The number of nitrogens with zero attached hydrogens (tertiary/aromatic N) is 3. The van der Waals surface area contributed by atoms with E-state index < -0.39 is 0 Å². The average molecular weight is 238 g/mol. The third-order valence-corrected chi connectivity index (χ3v) is 3.44. The zero-order valence-electron chi connectivity index (χ0n) is 9.52. The van der Waals surface area contributed by atoms with Gasteiger partial charge in [0.1, 0.15) is 10.8 Å². The molecular formula is C10H14N4OS. The van der Waals surface area contributed by atoms with Crippen LogP contribution in [-0.2, 0) is 0 Å². The Morgan fingerprint density at radius 2 is 2.31 bits per heavy atom. The predicted octanol–water partition coefficient (Wildman–Crippen LogP) is 2.17. The molecule has 6 heteroatoms. The summed E-state index contributed by atoms with van der Waals surface area (Å²) in [5.74, 6) is 0.777. The maximum absolute atomic E-state index is 5.01. The van der Waals surface area contributed by atoms with Crippen LogP contribution in [-0.4, -0.2) is 21.9 Å². The van der Waals surface area contributed by atoms with Crippen molar-refractivity contribution in [1.82, 2.24) is 20.7 Å². The Kier molecular flexibility index (Phi) is 3.31. The summed E-state index contributed by atoms with van der Waals surface area (Å²) in [7, 11) is 0. The van der Waals surface area contributed by atoms with Gasteiger partial charge in [-0.3, -0.25) is 0 Å². The Bertz CT molecular complexity index is 465. The number of aryl methyl sites for hydroxylation is 1. The quantitative estimate of drug-likeness (QED) is 0.884. The first kappa shape index (κ1) is 11.2. The lowest BCUT2D eigenvalue weighted by atomic mass is 10.3. The second-order valence-corrected chi connectivity index (χ2v) is 4.53. The lowest BCUT2D eigenvalue weighted by molar-refractivity contribution is 0.398. The second kappa shape index (κ2) is 4.71. The highest BCUT2D eigenvalue weighted by atomic mass is 32.1. The van der Waals surface area contributed by atoms with Crippen LogP contribution in [0, 0.1) is 6.92 Å². The van der Waals surface area contributed by atoms with Crippen LogP contribution in [0.2, 0.25) is 0 Å². The van der Waals surface area contributed by atoms with Crippen molar-refractivity contribution in [2.45, 2.75) is 26.8 Å². The fourth-order valence-electron chi connectivity index (χ4n) is 1.42. The van der Waals surface area contributed by atoms with Crippen molar-refractivity contribution in [3.05, 3.63) is 17.0 Å². The Morgan fingerprint density at radius 3 is 2.94 bits per heavy atom. The molecule has 1 unspecified atom stereocenters. The van der Waals surface area contributed by atoms with E-state index in [2.05, 4.69) is 34.5 Å². The lowest BCUT2D eigenvalue weighted by Gasteiger charge is -2.06. The van der Waals surface area contributed by atoms with Crippen LogP contribution in [0.5, 0.6) is 0 Å². The zero-order chi connectivity index (χ0) is 11.5. The van der Waals surface area contributed by atoms with Gasteiger partial charge >= 0.3 is 0 Å². The van der Waals surface area contributed by atoms with Crippen molar-refractivity contribution >= 4 is 11.3 Å². The van der Waals surface area contributed by atoms with E-state index in [0.717, 1.165) is 27.9 Å². The predicted molar refractivity (Wildman–Crippen MR) is 62.2 cm³/mol. The summed E-state index contributed by atoms with van der Waals surface area (Å²) < 4.78 is 5.01. The summed E-state index contributed by atoms with van der Waals surface area (Å²) in [6, 6.07) is 0.233. The summed E-state index contributed by atoms with van der Waals surface area (Å²) in [4.78, 5) is 0. The molecule has 2 rings (SSSR count). The van der Waals surface area contributed by atoms with Crippen molar-refractivity contribution < 1.29 is 4.52 Å². The third kappa shape index (κ3) is 2.12. The number of hydrogen-bond donors (Lipinski definition) is 1. The zero-order valence-corrected chi connectivity index (χ0v) is 10.3. The van der Waals surface area contributed by atoms with Crippen molar-refractivity contribution in [2.24, 2.45) is 0 Å². The molecule has 0 aliphatic heterocycles. The van der Waals surface area contributed by atoms with Gasteiger partial charge in [0.2, 0.25) is 0 Å². The van der Waals surface area contributed by atoms with E-state index in [1.807, 2.05) is 6.92 Å². The Morgan fingerprint density at radius 1 is 1.50 bits per heavy atom. The van der Waals surface area contributed by atoms with Gasteiger partial charge in [0.15, 0.2) is 5.01 Å². The SMILES string of the molecule is CCNC(C)c1nnc(-c2cnoc2C)s1. The summed E-state index contributed by atoms with van der Waals surface area (Å²) in [5, 5.41) is 17.2. The van der Waals surface area contributed by atoms with E-state index in [0.29, 0.717) is 0 Å². The number of aromatic nitrogens is 3. The molecule has 2 heterocycles. The standard InChI is InChI=1S/C10H14N4OS/c1-4-11-6(2)9-13-14-10(16-9)8-5-12-15-7(8)3/h5-6,11H,4H2,1-3H3. The largest absolute Gasteiger partial charge is 0.361 e. The molecule has 0 fully saturated rings. The van der Waals surface area contributed by atoms with Crippen molar-refractivity contribution in [1.29, 1.82) is 0 Å². The summed E-state index contributed by atoms with van der Waals surface area (Å²) in [6.45, 7) is 6.94. The first-order valence-electron chi connectivity index (χ1n) is 5.20. The number of hydrogen-bond acceptors (Lipinski definition) is 6. The van der Waals surface area contributed by atoms with E-state index in [4.69, 9.17) is 4.52 Å². The Balaban J connectivity index is 2.23. The van der Waals surface area contributed by atoms with Crippen LogP contribution in [0.4, 0.5) is 0 Å². The molecule has 5 nitrogen and oxygen atoms in total. The fourth-order valence-corrected chi connectivity index (χ4v) is 2.34. The van der Waals surface area contributed by atoms with Gasteiger partial charge in [-0.2, -0.15) is 0 Å². The van der Waals surface area contributed by atoms with E-state index in [9.17, 15) is 0 Å². The van der Waals surface area contributed by atoms with Gasteiger partial charge in [-0.05, 0) is 20.4 Å². The average Bonchev–Trinajstić information content (AvgIpc) is 2.86. The molecule has 1 atom stereocenters. The minimum atomic E-state index is 0.233. The van der Waals surface area contributed by atoms with E-state index in [1.165, 1.54) is 0 Å². The molecule has 0 saturated carbocycles. The Hall–Kier alpha value is -1.27. The van der Waals surface area contributed by atoms with Crippen molar-refractivity contribution in [3.8, 4) is 10.6 Å². The molecule has 0 saturated heterocycles. The first-order valence-corrected chi connectivity index (χ1v) is 6.02. The fraction of sp³-hybridized carbons (Fsp3) is 0.500. The van der Waals surface area contributed by atoms with E-state index in [-0.39, 0.29) is 6.04 Å². The van der Waals surface area contributed by atoms with Gasteiger partial charge in [-0.15, -0.1) is 10.2 Å². The maximum atomic E-state index is 5.01. The number of rotatable bonds is 4. The normalized spacial score (nSPS) is 12.9. The van der Waals surface area contributed by atoms with Crippen LogP contribution in [0.15, 0.2) is 10.7 Å². The molecule has 0 aliphatic carbocycles. The van der Waals surface area contributed by atoms with Gasteiger partial charge in [0.05, 0.1) is 17.8 Å². The van der Waals surface area contributed by atoms with Crippen molar-refractivity contribution in [2.75, 3.05) is 6.54 Å². The molecule has 86 valence electrons. The van der Waals surface area contributed by atoms with Gasteiger partial charge < -0.3 is 9.84 Å². The highest BCUT2D eigenvalue weighted by molar-refractivity contribution is 7.14. The summed E-state index contributed by atoms with van der Waals surface area (Å²) in [6.07, 6.45) is 1.68. The minimum Gasteiger partial charge on any atom is -0.361 e. The van der Waals surface area contributed by atoms with Gasteiger partial charge in [0, 0.05) is 0 Å². The van der Waals surface area contributed by atoms with E-state index in [1.54, 1.807) is 17.5 Å². The molecule has 2 aromatic heterocycles. The highest BCUT2D eigenvalue weighted by Crippen LogP contribution is 2.28. The van der Waals surface area contributed by atoms with Crippen LogP contribution >= 0.6 is 11.3 Å². The van der Waals surface area contributed by atoms with Gasteiger partial charge in [-0.1, -0.05) is 23.4 Å². The molecule has 0 amide bonds. The van der Waals surface area contributed by atoms with Crippen LogP contribution in [0.3, 0.4) is 0 Å². The molecular weight excluding hydrogens is 224 g/mol. The second-order valence-electron chi connectivity index (χ2n) is 3.52. The van der Waals surface area contributed by atoms with Gasteiger partial charge in [0.25, 0.3) is 0 Å². The maximum Gasteiger partial charge on any atom is 0.153 e. The third-order valence-electron chi connectivity index (χ3n) is 2.30. The molecule has 0 aliphatic rings. The molecule has 0 spiro atoms. The Labute approximate surface area is 97.9 Å². The van der Waals surface area contributed by atoms with Gasteiger partial charge in [-0.25, -0.2) is 0 Å². The number of nitrogens with one attached hydrogen (secondary N) is 1. The molecule has 1 N–H and O–H groups in total. The smallest absolute Gasteiger partial charge is 0.153 e. The topological polar surface area (TPSA) is 63.8 Å². The van der Waals surface area contributed by atoms with Crippen molar-refractivity contribution in [3.63, 3.8) is 0 Å².